The Morgan fingerprint density at radius 2 is 1.90 bits per heavy atom. The molecule has 170 valence electrons. The molecule has 1 saturated carbocycles. The molecule has 2 heterocycles. The topological polar surface area (TPSA) is 130 Å². The Morgan fingerprint density at radius 3 is 2.48 bits per heavy atom. The van der Waals surface area contributed by atoms with Gasteiger partial charge in [0.15, 0.2) is 6.29 Å². The van der Waals surface area contributed by atoms with Crippen LogP contribution in [0.5, 0.6) is 0 Å². The molecule has 10 heteroatoms. The number of halogens is 1. The van der Waals surface area contributed by atoms with Gasteiger partial charge in [-0.05, 0) is 42.4 Å². The van der Waals surface area contributed by atoms with E-state index in [1.165, 1.54) is 6.33 Å². The smallest absolute Gasteiger partial charge is 0.187 e. The number of aromatic nitrogens is 3. The van der Waals surface area contributed by atoms with Crippen LogP contribution in [0.15, 0.2) is 36.9 Å². The van der Waals surface area contributed by atoms with E-state index < -0.39 is 42.9 Å². The Morgan fingerprint density at radius 1 is 1.19 bits per heavy atom. The first-order valence-corrected chi connectivity index (χ1v) is 10.8. The zero-order valence-corrected chi connectivity index (χ0v) is 17.9. The molecule has 0 amide bonds. The van der Waals surface area contributed by atoms with Crippen LogP contribution in [0.3, 0.4) is 0 Å². The molecule has 9 nitrogen and oxygen atoms in total. The molecule has 31 heavy (non-hydrogen) atoms. The summed E-state index contributed by atoms with van der Waals surface area (Å²) in [6.45, 7) is 1.83. The van der Waals surface area contributed by atoms with Gasteiger partial charge >= 0.3 is 0 Å². The van der Waals surface area contributed by atoms with Crippen LogP contribution in [-0.2, 0) is 21.6 Å². The van der Waals surface area contributed by atoms with E-state index in [1.807, 2.05) is 12.1 Å². The summed E-state index contributed by atoms with van der Waals surface area (Å²) >= 11 is 6.13. The normalized spacial score (nSPS) is 31.9. The second-order valence-corrected chi connectivity index (χ2v) is 8.87. The van der Waals surface area contributed by atoms with Crippen molar-refractivity contribution in [3.8, 4) is 0 Å². The lowest BCUT2D eigenvalue weighted by atomic mass is 9.78. The van der Waals surface area contributed by atoms with Crippen LogP contribution in [0.2, 0.25) is 5.02 Å². The van der Waals surface area contributed by atoms with Gasteiger partial charge in [0.2, 0.25) is 0 Å². The van der Waals surface area contributed by atoms with Crippen molar-refractivity contribution in [2.24, 2.45) is 11.8 Å². The third-order valence-corrected chi connectivity index (χ3v) is 6.69. The lowest BCUT2D eigenvalue weighted by molar-refractivity contribution is -0.338. The van der Waals surface area contributed by atoms with Crippen molar-refractivity contribution in [2.75, 3.05) is 6.61 Å². The Kier molecular flexibility index (Phi) is 6.64. The van der Waals surface area contributed by atoms with Crippen molar-refractivity contribution in [1.82, 2.24) is 14.8 Å². The SMILES string of the molecule is CC(C1CC1)C(Cn1cncn1)(O[C@@H]1O[C@H](CO)[C@@H](O)[C@H](O)[C@H]1O)c1ccc(Cl)cc1. The van der Waals surface area contributed by atoms with Crippen molar-refractivity contribution < 1.29 is 29.9 Å². The lowest BCUT2D eigenvalue weighted by Crippen LogP contribution is -2.61. The summed E-state index contributed by atoms with van der Waals surface area (Å²) < 4.78 is 13.9. The van der Waals surface area contributed by atoms with Crippen LogP contribution >= 0.6 is 11.6 Å². The number of rotatable bonds is 8. The zero-order valence-electron chi connectivity index (χ0n) is 17.2. The highest BCUT2D eigenvalue weighted by Gasteiger charge is 2.52. The highest BCUT2D eigenvalue weighted by molar-refractivity contribution is 6.30. The van der Waals surface area contributed by atoms with Crippen molar-refractivity contribution in [3.63, 3.8) is 0 Å². The molecule has 0 bridgehead atoms. The number of nitrogens with zero attached hydrogens (tertiary/aromatic N) is 3. The third-order valence-electron chi connectivity index (χ3n) is 6.44. The van der Waals surface area contributed by atoms with Gasteiger partial charge in [-0.25, -0.2) is 9.67 Å². The summed E-state index contributed by atoms with van der Waals surface area (Å²) in [5.74, 6) is 0.384. The fourth-order valence-corrected chi connectivity index (χ4v) is 4.47. The van der Waals surface area contributed by atoms with Crippen LogP contribution in [0.4, 0.5) is 0 Å². The standard InChI is InChI=1S/C21H28ClN3O6/c1-12(13-2-3-13)21(9-25-11-23-10-24-25,14-4-6-15(22)7-5-14)31-20-19(29)18(28)17(27)16(8-26)30-20/h4-7,10-13,16-20,26-29H,2-3,8-9H2,1H3/t12?,16-,17-,18+,19-,20+,21?/m1/s1. The maximum absolute atomic E-state index is 10.6. The third kappa shape index (κ3) is 4.49. The van der Waals surface area contributed by atoms with Gasteiger partial charge in [-0.3, -0.25) is 0 Å². The Hall–Kier alpha value is -1.59. The number of hydrogen-bond acceptors (Lipinski definition) is 8. The second-order valence-electron chi connectivity index (χ2n) is 8.43. The lowest BCUT2D eigenvalue weighted by Gasteiger charge is -2.47. The maximum Gasteiger partial charge on any atom is 0.187 e. The van der Waals surface area contributed by atoms with Gasteiger partial charge in [0, 0.05) is 5.02 Å². The number of ether oxygens (including phenoxy) is 2. The van der Waals surface area contributed by atoms with E-state index in [0.717, 1.165) is 18.4 Å². The molecule has 2 unspecified atom stereocenters. The van der Waals surface area contributed by atoms with Crippen LogP contribution in [0.1, 0.15) is 25.3 Å². The maximum atomic E-state index is 10.6. The van der Waals surface area contributed by atoms with E-state index in [9.17, 15) is 20.4 Å². The van der Waals surface area contributed by atoms with E-state index in [2.05, 4.69) is 17.0 Å². The molecule has 2 fully saturated rings. The first-order chi connectivity index (χ1) is 14.9. The van der Waals surface area contributed by atoms with Crippen LogP contribution in [0, 0.1) is 11.8 Å². The first-order valence-electron chi connectivity index (χ1n) is 10.4. The van der Waals surface area contributed by atoms with Gasteiger partial charge in [0.25, 0.3) is 0 Å². The Bertz CT molecular complexity index is 847. The number of benzene rings is 1. The van der Waals surface area contributed by atoms with Crippen molar-refractivity contribution in [2.45, 2.75) is 62.6 Å². The van der Waals surface area contributed by atoms with Crippen molar-refractivity contribution in [1.29, 1.82) is 0 Å². The summed E-state index contributed by atoms with van der Waals surface area (Å²) in [4.78, 5) is 4.03. The molecule has 1 aromatic carbocycles. The molecule has 2 aromatic rings. The fourth-order valence-electron chi connectivity index (χ4n) is 4.35. The number of hydrogen-bond donors (Lipinski definition) is 4. The fraction of sp³-hybridized carbons (Fsp3) is 0.619. The molecular formula is C21H28ClN3O6. The molecule has 1 saturated heterocycles. The average Bonchev–Trinajstić information content (AvgIpc) is 3.50. The predicted octanol–water partition coefficient (Wildman–Crippen LogP) is 0.690. The van der Waals surface area contributed by atoms with E-state index in [4.69, 9.17) is 21.1 Å². The molecule has 0 radical (unpaired) electrons. The van der Waals surface area contributed by atoms with Crippen LogP contribution in [-0.4, -0.2) is 72.5 Å². The van der Waals surface area contributed by atoms with Crippen LogP contribution in [0.25, 0.3) is 0 Å². The Balaban J connectivity index is 1.75. The molecule has 2 aliphatic rings. The van der Waals surface area contributed by atoms with Crippen LogP contribution < -0.4 is 0 Å². The minimum absolute atomic E-state index is 0.00903. The summed E-state index contributed by atoms with van der Waals surface area (Å²) in [5.41, 5.74) is -0.198. The minimum Gasteiger partial charge on any atom is -0.394 e. The average molecular weight is 454 g/mol. The summed E-state index contributed by atoms with van der Waals surface area (Å²) in [5, 5.41) is 45.5. The number of aliphatic hydroxyl groups excluding tert-OH is 4. The van der Waals surface area contributed by atoms with Gasteiger partial charge in [-0.1, -0.05) is 30.7 Å². The quantitative estimate of drug-likeness (QED) is 0.459. The highest BCUT2D eigenvalue weighted by atomic mass is 35.5. The highest BCUT2D eigenvalue weighted by Crippen LogP contribution is 2.49. The summed E-state index contributed by atoms with van der Waals surface area (Å²) in [6.07, 6.45) is -1.72. The van der Waals surface area contributed by atoms with Gasteiger partial charge in [0.05, 0.1) is 13.2 Å². The monoisotopic (exact) mass is 453 g/mol. The molecule has 4 N–H and O–H groups in total. The van der Waals surface area contributed by atoms with E-state index in [1.54, 1.807) is 23.1 Å². The molecular weight excluding hydrogens is 426 g/mol. The molecule has 0 spiro atoms. The number of aliphatic hydroxyl groups is 4. The summed E-state index contributed by atoms with van der Waals surface area (Å²) in [6, 6.07) is 7.26. The summed E-state index contributed by atoms with van der Waals surface area (Å²) in [7, 11) is 0. The van der Waals surface area contributed by atoms with Gasteiger partial charge < -0.3 is 29.9 Å². The van der Waals surface area contributed by atoms with Gasteiger partial charge in [0.1, 0.15) is 42.7 Å². The molecule has 1 aliphatic heterocycles. The second kappa shape index (κ2) is 9.11. The van der Waals surface area contributed by atoms with Crippen molar-refractivity contribution in [3.05, 3.63) is 47.5 Å². The van der Waals surface area contributed by atoms with E-state index in [-0.39, 0.29) is 12.5 Å². The first kappa shape index (κ1) is 22.6. The predicted molar refractivity (Wildman–Crippen MR) is 110 cm³/mol. The molecule has 1 aromatic heterocycles. The molecule has 7 atom stereocenters. The van der Waals surface area contributed by atoms with E-state index >= 15 is 0 Å². The largest absolute Gasteiger partial charge is 0.394 e. The van der Waals surface area contributed by atoms with Gasteiger partial charge in [-0.2, -0.15) is 5.10 Å². The van der Waals surface area contributed by atoms with Crippen molar-refractivity contribution >= 4 is 11.6 Å². The molecule has 4 rings (SSSR count). The minimum atomic E-state index is -1.53. The zero-order chi connectivity index (χ0) is 22.2. The van der Waals surface area contributed by atoms with Gasteiger partial charge in [-0.15, -0.1) is 0 Å². The van der Waals surface area contributed by atoms with E-state index in [0.29, 0.717) is 10.9 Å². The Labute approximate surface area is 185 Å². The molecule has 1 aliphatic carbocycles.